The van der Waals surface area contributed by atoms with E-state index in [1.807, 2.05) is 49.9 Å². The Labute approximate surface area is 184 Å². The van der Waals surface area contributed by atoms with E-state index in [9.17, 15) is 9.59 Å². The highest BCUT2D eigenvalue weighted by molar-refractivity contribution is 9.10. The van der Waals surface area contributed by atoms with Gasteiger partial charge in [0.2, 0.25) is 0 Å². The largest absolute Gasteiger partial charge is 0.444 e. The van der Waals surface area contributed by atoms with Crippen LogP contribution in [0.25, 0.3) is 0 Å². The molecule has 1 saturated heterocycles. The summed E-state index contributed by atoms with van der Waals surface area (Å²) in [6, 6.07) is 14.4. The molecule has 29 heavy (non-hydrogen) atoms. The summed E-state index contributed by atoms with van der Waals surface area (Å²) in [6.07, 6.45) is -0.368. The van der Waals surface area contributed by atoms with Crippen LogP contribution in [0.5, 0.6) is 0 Å². The molecule has 1 heterocycles. The van der Waals surface area contributed by atoms with E-state index in [1.54, 1.807) is 29.2 Å². The minimum atomic E-state index is -0.572. The Morgan fingerprint density at radius 3 is 2.24 bits per heavy atom. The predicted molar refractivity (Wildman–Crippen MR) is 117 cm³/mol. The summed E-state index contributed by atoms with van der Waals surface area (Å²) in [4.78, 5) is 29.3. The Hall–Kier alpha value is -2.05. The summed E-state index contributed by atoms with van der Waals surface area (Å²) < 4.78 is 6.45. The van der Waals surface area contributed by atoms with Gasteiger partial charge in [-0.15, -0.1) is 0 Å². The van der Waals surface area contributed by atoms with Gasteiger partial charge < -0.3 is 14.5 Å². The molecule has 2 aromatic rings. The summed E-state index contributed by atoms with van der Waals surface area (Å²) >= 11 is 9.44. The average molecular weight is 480 g/mol. The zero-order valence-electron chi connectivity index (χ0n) is 16.7. The van der Waals surface area contributed by atoms with E-state index in [0.717, 1.165) is 10.0 Å². The van der Waals surface area contributed by atoms with Crippen molar-refractivity contribution in [1.29, 1.82) is 0 Å². The zero-order valence-corrected chi connectivity index (χ0v) is 19.0. The molecule has 1 aliphatic heterocycles. The molecular weight excluding hydrogens is 456 g/mol. The smallest absolute Gasteiger partial charge is 0.410 e. The first-order chi connectivity index (χ1) is 13.6. The van der Waals surface area contributed by atoms with Gasteiger partial charge in [-0.25, -0.2) is 4.79 Å². The minimum absolute atomic E-state index is 0.0683. The van der Waals surface area contributed by atoms with Crippen molar-refractivity contribution in [3.63, 3.8) is 0 Å². The second-order valence-electron chi connectivity index (χ2n) is 8.00. The van der Waals surface area contributed by atoms with Gasteiger partial charge in [0.25, 0.3) is 5.91 Å². The number of carbonyl (C=O) groups is 2. The number of hydrogen-bond donors (Lipinski definition) is 0. The Kier molecular flexibility index (Phi) is 6.54. The normalized spacial score (nSPS) is 17.2. The molecule has 7 heteroatoms. The standard InChI is InChI=1S/C22H24BrClN2O3/c1-22(2,3)29-21(28)25-12-13-26(20(27)16-4-8-17(23)9-5-16)19(14-25)15-6-10-18(24)11-7-15/h4-11,19H,12-14H2,1-3H3. The molecule has 5 nitrogen and oxygen atoms in total. The van der Waals surface area contributed by atoms with E-state index < -0.39 is 5.60 Å². The molecule has 0 aromatic heterocycles. The molecule has 1 aliphatic rings. The van der Waals surface area contributed by atoms with Crippen LogP contribution in [-0.4, -0.2) is 47.0 Å². The van der Waals surface area contributed by atoms with Gasteiger partial charge in [0.1, 0.15) is 5.60 Å². The summed E-state index contributed by atoms with van der Waals surface area (Å²) in [5.41, 5.74) is 0.961. The van der Waals surface area contributed by atoms with Gasteiger partial charge in [0.05, 0.1) is 6.04 Å². The van der Waals surface area contributed by atoms with Crippen LogP contribution >= 0.6 is 27.5 Å². The Morgan fingerprint density at radius 2 is 1.66 bits per heavy atom. The Balaban J connectivity index is 1.87. The fourth-order valence-corrected chi connectivity index (χ4v) is 3.64. The molecule has 154 valence electrons. The molecule has 0 spiro atoms. The monoisotopic (exact) mass is 478 g/mol. The van der Waals surface area contributed by atoms with Crippen LogP contribution in [-0.2, 0) is 4.74 Å². The van der Waals surface area contributed by atoms with Crippen molar-refractivity contribution in [2.45, 2.75) is 32.4 Å². The quantitative estimate of drug-likeness (QED) is 0.568. The lowest BCUT2D eigenvalue weighted by molar-refractivity contribution is 0.00408. The van der Waals surface area contributed by atoms with Gasteiger partial charge >= 0.3 is 6.09 Å². The van der Waals surface area contributed by atoms with Gasteiger partial charge in [-0.05, 0) is 62.7 Å². The van der Waals surface area contributed by atoms with Gasteiger partial charge in [0, 0.05) is 34.7 Å². The molecule has 1 atom stereocenters. The first-order valence-corrected chi connectivity index (χ1v) is 10.6. The predicted octanol–water partition coefficient (Wildman–Crippen LogP) is 5.54. The van der Waals surface area contributed by atoms with Crippen molar-refractivity contribution in [2.24, 2.45) is 0 Å². The van der Waals surface area contributed by atoms with Crippen LogP contribution in [0.15, 0.2) is 53.0 Å². The lowest BCUT2D eigenvalue weighted by atomic mass is 10.0. The highest BCUT2D eigenvalue weighted by atomic mass is 79.9. The number of nitrogens with zero attached hydrogens (tertiary/aromatic N) is 2. The maximum atomic E-state index is 13.2. The second kappa shape index (κ2) is 8.76. The van der Waals surface area contributed by atoms with Gasteiger partial charge in [-0.3, -0.25) is 4.79 Å². The number of piperazine rings is 1. The molecule has 0 bridgehead atoms. The molecule has 0 aliphatic carbocycles. The SMILES string of the molecule is CC(C)(C)OC(=O)N1CCN(C(=O)c2ccc(Br)cc2)C(c2ccc(Cl)cc2)C1. The average Bonchev–Trinajstić information content (AvgIpc) is 2.67. The Morgan fingerprint density at radius 1 is 1.03 bits per heavy atom. The van der Waals surface area contributed by atoms with Gasteiger partial charge in [0.15, 0.2) is 0 Å². The van der Waals surface area contributed by atoms with E-state index in [1.165, 1.54) is 0 Å². The molecule has 2 aromatic carbocycles. The highest BCUT2D eigenvalue weighted by Gasteiger charge is 2.35. The molecule has 0 saturated carbocycles. The van der Waals surface area contributed by atoms with Crippen molar-refractivity contribution in [3.8, 4) is 0 Å². The number of halogens is 2. The topological polar surface area (TPSA) is 49.9 Å². The molecule has 0 N–H and O–H groups in total. The summed E-state index contributed by atoms with van der Waals surface area (Å²) in [6.45, 7) is 6.72. The zero-order chi connectivity index (χ0) is 21.2. The lowest BCUT2D eigenvalue weighted by Gasteiger charge is -2.42. The lowest BCUT2D eigenvalue weighted by Crippen LogP contribution is -2.53. The second-order valence-corrected chi connectivity index (χ2v) is 9.35. The number of carbonyl (C=O) groups excluding carboxylic acids is 2. The minimum Gasteiger partial charge on any atom is -0.444 e. The van der Waals surface area contributed by atoms with Crippen LogP contribution < -0.4 is 0 Å². The van der Waals surface area contributed by atoms with Crippen LogP contribution in [0.1, 0.15) is 42.7 Å². The van der Waals surface area contributed by atoms with Crippen molar-refractivity contribution in [3.05, 3.63) is 69.2 Å². The summed E-state index contributed by atoms with van der Waals surface area (Å²) in [5.74, 6) is -0.0683. The Bertz CT molecular complexity index is 878. The fourth-order valence-electron chi connectivity index (χ4n) is 3.25. The van der Waals surface area contributed by atoms with E-state index >= 15 is 0 Å². The highest BCUT2D eigenvalue weighted by Crippen LogP contribution is 2.29. The molecule has 1 fully saturated rings. The van der Waals surface area contributed by atoms with Crippen molar-refractivity contribution < 1.29 is 14.3 Å². The van der Waals surface area contributed by atoms with Crippen LogP contribution in [0.4, 0.5) is 4.79 Å². The van der Waals surface area contributed by atoms with Crippen molar-refractivity contribution in [1.82, 2.24) is 9.80 Å². The van der Waals surface area contributed by atoms with Crippen LogP contribution in [0, 0.1) is 0 Å². The number of hydrogen-bond acceptors (Lipinski definition) is 3. The maximum Gasteiger partial charge on any atom is 0.410 e. The number of ether oxygens (including phenoxy) is 1. The number of amides is 2. The van der Waals surface area contributed by atoms with E-state index in [-0.39, 0.29) is 18.0 Å². The summed E-state index contributed by atoms with van der Waals surface area (Å²) in [7, 11) is 0. The van der Waals surface area contributed by atoms with E-state index in [2.05, 4.69) is 15.9 Å². The number of benzene rings is 2. The number of rotatable bonds is 2. The van der Waals surface area contributed by atoms with Crippen molar-refractivity contribution >= 4 is 39.5 Å². The fraction of sp³-hybridized carbons (Fsp3) is 0.364. The van der Waals surface area contributed by atoms with Gasteiger partial charge in [-0.2, -0.15) is 0 Å². The first kappa shape index (κ1) is 21.7. The van der Waals surface area contributed by atoms with E-state index in [0.29, 0.717) is 30.2 Å². The maximum absolute atomic E-state index is 13.2. The molecular formula is C22H24BrClN2O3. The molecule has 2 amide bonds. The van der Waals surface area contributed by atoms with Crippen LogP contribution in [0.2, 0.25) is 5.02 Å². The van der Waals surface area contributed by atoms with E-state index in [4.69, 9.17) is 16.3 Å². The third-order valence-corrected chi connectivity index (χ3v) is 5.42. The van der Waals surface area contributed by atoms with Crippen molar-refractivity contribution in [2.75, 3.05) is 19.6 Å². The third kappa shape index (κ3) is 5.52. The molecule has 3 rings (SSSR count). The third-order valence-electron chi connectivity index (χ3n) is 4.64. The first-order valence-electron chi connectivity index (χ1n) is 9.44. The van der Waals surface area contributed by atoms with Gasteiger partial charge in [-0.1, -0.05) is 39.7 Å². The molecule has 0 radical (unpaired) electrons. The summed E-state index contributed by atoms with van der Waals surface area (Å²) in [5, 5.41) is 0.624. The molecule has 1 unspecified atom stereocenters. The van der Waals surface area contributed by atoms with Crippen LogP contribution in [0.3, 0.4) is 0 Å².